The molecule has 2 amide bonds. The number of imidazole rings is 1. The van der Waals surface area contributed by atoms with Gasteiger partial charge >= 0.3 is 6.18 Å². The van der Waals surface area contributed by atoms with E-state index in [1.165, 1.54) is 0 Å². The zero-order chi connectivity index (χ0) is 28.9. The largest absolute Gasteiger partial charge is 0.389 e. The van der Waals surface area contributed by atoms with E-state index in [9.17, 15) is 22.8 Å². The number of carbonyl (C=O) groups excluding carboxylic acids is 2. The van der Waals surface area contributed by atoms with E-state index in [4.69, 9.17) is 0 Å². The molecule has 1 aliphatic rings. The van der Waals surface area contributed by atoms with Crippen molar-refractivity contribution in [1.82, 2.24) is 25.1 Å². The third-order valence-corrected chi connectivity index (χ3v) is 7.37. The molecule has 7 nitrogen and oxygen atoms in total. The minimum Gasteiger partial charge on any atom is -0.368 e. The van der Waals surface area contributed by atoms with Crippen LogP contribution in [0.15, 0.2) is 66.9 Å². The van der Waals surface area contributed by atoms with Gasteiger partial charge in [-0.2, -0.15) is 13.2 Å². The van der Waals surface area contributed by atoms with Crippen LogP contribution >= 0.6 is 0 Å². The average molecular weight is 556 g/mol. The number of nitrogens with zero attached hydrogens (tertiary/aromatic N) is 3. The maximum absolute atomic E-state index is 13.5. The first kappa shape index (κ1) is 29.2. The predicted octanol–water partition coefficient (Wildman–Crippen LogP) is 5.71. The maximum atomic E-state index is 13.5. The van der Waals surface area contributed by atoms with Crippen LogP contribution in [0.2, 0.25) is 0 Å². The minimum absolute atomic E-state index is 0.110. The monoisotopic (exact) mass is 555 g/mol. The molecule has 0 aliphatic carbocycles. The quantitative estimate of drug-likeness (QED) is 0.318. The van der Waals surface area contributed by atoms with E-state index >= 15 is 0 Å². The Morgan fingerprint density at radius 3 is 2.50 bits per heavy atom. The summed E-state index contributed by atoms with van der Waals surface area (Å²) in [5.74, 6) is -0.402. The van der Waals surface area contributed by atoms with Gasteiger partial charge in [-0.25, -0.2) is 4.98 Å². The Bertz CT molecular complexity index is 1340. The summed E-state index contributed by atoms with van der Waals surface area (Å²) in [6.07, 6.45) is -4.03. The number of amides is 2. The number of nitrogens with one attached hydrogen (secondary N) is 2. The molecule has 0 bridgehead atoms. The molecule has 3 aromatic rings. The van der Waals surface area contributed by atoms with Crippen molar-refractivity contribution in [3.05, 3.63) is 78.3 Å². The Morgan fingerprint density at radius 2 is 1.80 bits per heavy atom. The maximum Gasteiger partial charge on any atom is 0.389 e. The smallest absolute Gasteiger partial charge is 0.368 e. The zero-order valence-corrected chi connectivity index (χ0v) is 22.9. The lowest BCUT2D eigenvalue weighted by molar-refractivity contribution is -0.138. The van der Waals surface area contributed by atoms with Crippen LogP contribution in [0.4, 0.5) is 13.2 Å². The molecule has 2 heterocycles. The van der Waals surface area contributed by atoms with Gasteiger partial charge in [-0.15, -0.1) is 0 Å². The molecule has 0 saturated carbocycles. The lowest BCUT2D eigenvalue weighted by Gasteiger charge is -2.31. The van der Waals surface area contributed by atoms with Crippen molar-refractivity contribution in [2.75, 3.05) is 6.54 Å². The number of alkyl halides is 3. The highest BCUT2D eigenvalue weighted by molar-refractivity contribution is 5.88. The topological polar surface area (TPSA) is 79.3 Å². The standard InChI is InChI=1S/C30H36F3N5O2/c1-20(38-18-10-15-25(38)22-11-5-4-6-12-22)19-24(35-27(39)16-9-17-30(31,32)33)29(40)34-21(2)28-36-23-13-7-8-14-26(23)37(28)3/h4-8,11-14,21,24-25H,1,9-10,15-19H2,2-3H3,(H,34,40)(H,35,39)/t21-,24-,25+/m0/s1. The first-order valence-electron chi connectivity index (χ1n) is 13.6. The van der Waals surface area contributed by atoms with Crippen LogP contribution in [0.5, 0.6) is 0 Å². The second-order valence-corrected chi connectivity index (χ2v) is 10.4. The van der Waals surface area contributed by atoms with Gasteiger partial charge in [0.2, 0.25) is 11.8 Å². The molecule has 4 rings (SSSR count). The highest BCUT2D eigenvalue weighted by atomic mass is 19.4. The van der Waals surface area contributed by atoms with Gasteiger partial charge in [0.25, 0.3) is 0 Å². The van der Waals surface area contributed by atoms with Crippen molar-refractivity contribution in [3.63, 3.8) is 0 Å². The van der Waals surface area contributed by atoms with Crippen LogP contribution in [-0.4, -0.2) is 45.0 Å². The molecular formula is C30H36F3N5O2. The molecule has 214 valence electrons. The number of aryl methyl sites for hydroxylation is 1. The summed E-state index contributed by atoms with van der Waals surface area (Å²) in [5.41, 5.74) is 3.55. The highest BCUT2D eigenvalue weighted by Gasteiger charge is 2.32. The van der Waals surface area contributed by atoms with E-state index in [0.717, 1.165) is 36.0 Å². The highest BCUT2D eigenvalue weighted by Crippen LogP contribution is 2.35. The van der Waals surface area contributed by atoms with Crippen molar-refractivity contribution in [1.29, 1.82) is 0 Å². The van der Waals surface area contributed by atoms with E-state index in [2.05, 4.69) is 39.2 Å². The molecule has 0 unspecified atom stereocenters. The van der Waals surface area contributed by atoms with Gasteiger partial charge in [0.1, 0.15) is 11.9 Å². The number of aromatic nitrogens is 2. The van der Waals surface area contributed by atoms with Gasteiger partial charge in [-0.1, -0.05) is 49.0 Å². The van der Waals surface area contributed by atoms with Gasteiger partial charge in [0, 0.05) is 38.6 Å². The van der Waals surface area contributed by atoms with E-state index in [0.29, 0.717) is 11.5 Å². The van der Waals surface area contributed by atoms with Crippen LogP contribution < -0.4 is 10.6 Å². The number of hydrogen-bond donors (Lipinski definition) is 2. The third-order valence-electron chi connectivity index (χ3n) is 7.37. The molecular weight excluding hydrogens is 519 g/mol. The molecule has 40 heavy (non-hydrogen) atoms. The number of fused-ring (bicyclic) bond motifs is 1. The van der Waals surface area contributed by atoms with Gasteiger partial charge in [0.05, 0.1) is 23.1 Å². The summed E-state index contributed by atoms with van der Waals surface area (Å²) in [6.45, 7) is 6.82. The first-order chi connectivity index (χ1) is 19.0. The second-order valence-electron chi connectivity index (χ2n) is 10.4. The fraction of sp³-hybridized carbons (Fsp3) is 0.433. The normalized spacial score (nSPS) is 17.0. The fourth-order valence-corrected chi connectivity index (χ4v) is 5.37. The molecule has 2 N–H and O–H groups in total. The van der Waals surface area contributed by atoms with Gasteiger partial charge in [0.15, 0.2) is 0 Å². The molecule has 1 saturated heterocycles. The molecule has 2 aromatic carbocycles. The number of benzene rings is 2. The minimum atomic E-state index is -4.34. The van der Waals surface area contributed by atoms with Crippen molar-refractivity contribution >= 4 is 22.8 Å². The Labute approximate surface area is 232 Å². The van der Waals surface area contributed by atoms with Gasteiger partial charge < -0.3 is 20.1 Å². The summed E-state index contributed by atoms with van der Waals surface area (Å²) in [5, 5.41) is 5.62. The number of carbonyl (C=O) groups is 2. The molecule has 1 aliphatic heterocycles. The van der Waals surface area contributed by atoms with E-state index < -0.39 is 36.5 Å². The number of halogens is 3. The van der Waals surface area contributed by atoms with E-state index in [1.54, 1.807) is 0 Å². The lowest BCUT2D eigenvalue weighted by atomic mass is 10.0. The summed E-state index contributed by atoms with van der Waals surface area (Å²) < 4.78 is 39.7. The predicted molar refractivity (Wildman–Crippen MR) is 148 cm³/mol. The van der Waals surface area contributed by atoms with Crippen LogP contribution in [0.1, 0.15) is 68.9 Å². The molecule has 1 fully saturated rings. The summed E-state index contributed by atoms with van der Waals surface area (Å²) in [7, 11) is 1.87. The Kier molecular flexibility index (Phi) is 9.17. The molecule has 0 radical (unpaired) electrons. The Balaban J connectivity index is 1.48. The Hall–Kier alpha value is -3.82. The van der Waals surface area contributed by atoms with Crippen LogP contribution in [0, 0.1) is 0 Å². The first-order valence-corrected chi connectivity index (χ1v) is 13.6. The number of likely N-dealkylation sites (tertiary alicyclic amines) is 1. The van der Waals surface area contributed by atoms with E-state index in [-0.39, 0.29) is 25.3 Å². The van der Waals surface area contributed by atoms with Gasteiger partial charge in [-0.3, -0.25) is 9.59 Å². The molecule has 10 heteroatoms. The van der Waals surface area contributed by atoms with Crippen LogP contribution in [0.3, 0.4) is 0 Å². The van der Waals surface area contributed by atoms with Crippen LogP contribution in [-0.2, 0) is 16.6 Å². The zero-order valence-electron chi connectivity index (χ0n) is 22.9. The summed E-state index contributed by atoms with van der Waals surface area (Å²) >= 11 is 0. The molecule has 1 aromatic heterocycles. The fourth-order valence-electron chi connectivity index (χ4n) is 5.37. The molecule has 0 spiro atoms. The number of rotatable bonds is 11. The van der Waals surface area contributed by atoms with Crippen molar-refractivity contribution in [3.8, 4) is 0 Å². The summed E-state index contributed by atoms with van der Waals surface area (Å²) in [6, 6.07) is 16.3. The molecule has 3 atom stereocenters. The number of hydrogen-bond acceptors (Lipinski definition) is 4. The SMILES string of the molecule is C=C(C[C@H](NC(=O)CCCC(F)(F)F)C(=O)N[C@@H](C)c1nc2ccccc2n1C)N1CCC[C@@H]1c1ccccc1. The van der Waals surface area contributed by atoms with Crippen molar-refractivity contribution < 1.29 is 22.8 Å². The number of para-hydroxylation sites is 2. The average Bonchev–Trinajstić information content (AvgIpc) is 3.53. The van der Waals surface area contributed by atoms with Gasteiger partial charge in [-0.05, 0) is 43.9 Å². The second kappa shape index (κ2) is 12.6. The summed E-state index contributed by atoms with van der Waals surface area (Å²) in [4.78, 5) is 33.0. The lowest BCUT2D eigenvalue weighted by Crippen LogP contribution is -2.48. The van der Waals surface area contributed by atoms with Crippen LogP contribution in [0.25, 0.3) is 11.0 Å². The van der Waals surface area contributed by atoms with E-state index in [1.807, 2.05) is 61.0 Å². The van der Waals surface area contributed by atoms with Crippen molar-refractivity contribution in [2.24, 2.45) is 7.05 Å². The Morgan fingerprint density at radius 1 is 1.10 bits per heavy atom. The third kappa shape index (κ3) is 7.22. The van der Waals surface area contributed by atoms with Crippen molar-refractivity contribution in [2.45, 2.75) is 69.8 Å².